The number of unbranched alkanes of at least 4 members (excludes halogenated alkanes) is 3. The zero-order valence-electron chi connectivity index (χ0n) is 14.8. The fourth-order valence-electron chi connectivity index (χ4n) is 2.06. The van der Waals surface area contributed by atoms with Crippen LogP contribution in [0.4, 0.5) is 0 Å². The molecule has 4 nitrogen and oxygen atoms in total. The Bertz CT molecular complexity index is 408. The van der Waals surface area contributed by atoms with Crippen molar-refractivity contribution >= 4 is 5.97 Å². The zero-order valence-corrected chi connectivity index (χ0v) is 14.8. The van der Waals surface area contributed by atoms with Crippen LogP contribution in [0.2, 0.25) is 0 Å². The molecular weight excluding hydrogens is 304 g/mol. The van der Waals surface area contributed by atoms with Crippen molar-refractivity contribution in [3.05, 3.63) is 48.6 Å². The Balaban J connectivity index is 3.74. The topological polar surface area (TPSA) is 66.8 Å². The van der Waals surface area contributed by atoms with Crippen LogP contribution in [0.5, 0.6) is 0 Å². The Morgan fingerprint density at radius 2 is 1.71 bits per heavy atom. The van der Waals surface area contributed by atoms with E-state index in [9.17, 15) is 4.79 Å². The second-order valence-electron chi connectivity index (χ2n) is 5.65. The molecule has 0 aliphatic carbocycles. The van der Waals surface area contributed by atoms with Crippen molar-refractivity contribution in [3.63, 3.8) is 0 Å². The van der Waals surface area contributed by atoms with Crippen molar-refractivity contribution < 1.29 is 20.0 Å². The molecule has 0 saturated carbocycles. The molecule has 0 radical (unpaired) electrons. The highest BCUT2D eigenvalue weighted by Crippen LogP contribution is 2.06. The quantitative estimate of drug-likeness (QED) is 0.133. The Morgan fingerprint density at radius 1 is 1.00 bits per heavy atom. The third kappa shape index (κ3) is 16.7. The summed E-state index contributed by atoms with van der Waals surface area (Å²) in [4.78, 5) is 14.7. The van der Waals surface area contributed by atoms with Crippen molar-refractivity contribution in [2.75, 3.05) is 0 Å². The minimum atomic E-state index is -0.835. The third-order valence-electron chi connectivity index (χ3n) is 3.44. The molecule has 0 aliphatic rings. The third-order valence-corrected chi connectivity index (χ3v) is 3.44. The Hall–Kier alpha value is -1.65. The van der Waals surface area contributed by atoms with Gasteiger partial charge in [0.1, 0.15) is 6.10 Å². The molecule has 0 bridgehead atoms. The summed E-state index contributed by atoms with van der Waals surface area (Å²) in [6.45, 7) is 2.21. The number of hydrogen-bond acceptors (Lipinski definition) is 3. The lowest BCUT2D eigenvalue weighted by atomic mass is 10.1. The van der Waals surface area contributed by atoms with Gasteiger partial charge in [0.25, 0.3) is 0 Å². The molecule has 1 atom stereocenters. The molecule has 0 spiro atoms. The van der Waals surface area contributed by atoms with Gasteiger partial charge in [-0.3, -0.25) is 10.1 Å². The van der Waals surface area contributed by atoms with Gasteiger partial charge in [-0.15, -0.1) is 0 Å². The van der Waals surface area contributed by atoms with Crippen LogP contribution >= 0.6 is 0 Å². The largest absolute Gasteiger partial charge is 0.481 e. The summed E-state index contributed by atoms with van der Waals surface area (Å²) in [6.07, 6.45) is 23.6. The van der Waals surface area contributed by atoms with Gasteiger partial charge in [-0.05, 0) is 38.5 Å². The average Bonchev–Trinajstić information content (AvgIpc) is 2.57. The Labute approximate surface area is 146 Å². The van der Waals surface area contributed by atoms with Crippen molar-refractivity contribution in [1.82, 2.24) is 0 Å². The highest BCUT2D eigenvalue weighted by atomic mass is 17.1. The molecule has 4 heteroatoms. The summed E-state index contributed by atoms with van der Waals surface area (Å²) in [5.74, 6) is -0.835. The highest BCUT2D eigenvalue weighted by molar-refractivity contribution is 5.66. The van der Waals surface area contributed by atoms with Crippen LogP contribution in [0.3, 0.4) is 0 Å². The first-order valence-corrected chi connectivity index (χ1v) is 8.86. The molecular formula is C20H32O4. The van der Waals surface area contributed by atoms with Gasteiger partial charge in [-0.1, -0.05) is 68.4 Å². The van der Waals surface area contributed by atoms with Gasteiger partial charge in [0, 0.05) is 6.42 Å². The molecule has 0 aromatic heterocycles. The molecule has 0 rings (SSSR count). The van der Waals surface area contributed by atoms with Crippen molar-refractivity contribution in [2.24, 2.45) is 0 Å². The predicted molar refractivity (Wildman–Crippen MR) is 98.9 cm³/mol. The summed E-state index contributed by atoms with van der Waals surface area (Å²) >= 11 is 0. The molecule has 0 aliphatic heterocycles. The van der Waals surface area contributed by atoms with Gasteiger partial charge >= 0.3 is 5.97 Å². The van der Waals surface area contributed by atoms with Crippen molar-refractivity contribution in [1.29, 1.82) is 0 Å². The number of aliphatic carboxylic acids is 1. The number of rotatable bonds is 15. The van der Waals surface area contributed by atoms with Crippen molar-refractivity contribution in [3.8, 4) is 0 Å². The fourth-order valence-corrected chi connectivity index (χ4v) is 2.06. The SMILES string of the molecule is CCCCCC=CCC=CCC=C/C=C/[C@H](CCCC(=O)O)OO. The number of carboxylic acid groups (broad SMARTS) is 1. The number of carboxylic acids is 1. The summed E-state index contributed by atoms with van der Waals surface area (Å²) in [5.41, 5.74) is 0. The van der Waals surface area contributed by atoms with Gasteiger partial charge in [0.2, 0.25) is 0 Å². The molecule has 0 fully saturated rings. The first-order chi connectivity index (χ1) is 11.7. The van der Waals surface area contributed by atoms with E-state index < -0.39 is 12.1 Å². The van der Waals surface area contributed by atoms with E-state index in [0.29, 0.717) is 12.8 Å². The summed E-state index contributed by atoms with van der Waals surface area (Å²) in [5, 5.41) is 17.3. The van der Waals surface area contributed by atoms with Gasteiger partial charge < -0.3 is 5.11 Å². The maximum Gasteiger partial charge on any atom is 0.303 e. The molecule has 0 aromatic carbocycles. The van der Waals surface area contributed by atoms with Gasteiger partial charge in [0.15, 0.2) is 0 Å². The lowest BCUT2D eigenvalue weighted by Gasteiger charge is -2.06. The second kappa shape index (κ2) is 17.7. The van der Waals surface area contributed by atoms with E-state index in [0.717, 1.165) is 12.8 Å². The molecule has 2 N–H and O–H groups in total. The van der Waals surface area contributed by atoms with E-state index in [1.165, 1.54) is 25.7 Å². The Kier molecular flexibility index (Phi) is 16.5. The van der Waals surface area contributed by atoms with Crippen LogP contribution in [0.25, 0.3) is 0 Å². The van der Waals surface area contributed by atoms with Gasteiger partial charge in [0.05, 0.1) is 0 Å². The minimum absolute atomic E-state index is 0.0847. The second-order valence-corrected chi connectivity index (χ2v) is 5.65. The molecule has 0 aromatic rings. The van der Waals surface area contributed by atoms with Gasteiger partial charge in [-0.25, -0.2) is 4.89 Å². The molecule has 0 unspecified atom stereocenters. The molecule has 0 heterocycles. The summed E-state index contributed by atoms with van der Waals surface area (Å²) in [6, 6.07) is 0. The summed E-state index contributed by atoms with van der Waals surface area (Å²) < 4.78 is 0. The maximum absolute atomic E-state index is 10.4. The normalized spacial score (nSPS) is 13.8. The standard InChI is InChI=1S/C20H32O4/c1-2-3-4-5-6-7-8-9-10-11-12-13-14-16-19(24-23)17-15-18-20(21)22/h6-7,9-10,12-14,16,19,23H,2-5,8,11,15,17-18H2,1H3,(H,21,22)/b7-6?,10-9?,13-12?,16-14+/t19-/m1/s1. The van der Waals surface area contributed by atoms with E-state index in [1.54, 1.807) is 6.08 Å². The number of carbonyl (C=O) groups is 1. The van der Waals surface area contributed by atoms with Crippen LogP contribution in [0, 0.1) is 0 Å². The zero-order chi connectivity index (χ0) is 17.9. The van der Waals surface area contributed by atoms with Gasteiger partial charge in [-0.2, -0.15) is 0 Å². The minimum Gasteiger partial charge on any atom is -0.481 e. The van der Waals surface area contributed by atoms with Crippen LogP contribution in [-0.4, -0.2) is 22.4 Å². The number of allylic oxidation sites excluding steroid dienone is 7. The highest BCUT2D eigenvalue weighted by Gasteiger charge is 2.05. The monoisotopic (exact) mass is 336 g/mol. The summed E-state index contributed by atoms with van der Waals surface area (Å²) in [7, 11) is 0. The van der Waals surface area contributed by atoms with Crippen LogP contribution in [-0.2, 0) is 9.68 Å². The molecule has 24 heavy (non-hydrogen) atoms. The molecule has 0 amide bonds. The van der Waals surface area contributed by atoms with E-state index in [2.05, 4.69) is 36.1 Å². The Morgan fingerprint density at radius 3 is 2.38 bits per heavy atom. The fraction of sp³-hybridized carbons (Fsp3) is 0.550. The van der Waals surface area contributed by atoms with Crippen LogP contribution in [0.15, 0.2) is 48.6 Å². The molecule has 0 saturated heterocycles. The number of hydrogen-bond donors (Lipinski definition) is 2. The molecule has 136 valence electrons. The van der Waals surface area contributed by atoms with Crippen LogP contribution < -0.4 is 0 Å². The predicted octanol–water partition coefficient (Wildman–Crippen LogP) is 5.68. The maximum atomic E-state index is 10.4. The van der Waals surface area contributed by atoms with E-state index in [-0.39, 0.29) is 6.42 Å². The first kappa shape index (κ1) is 22.4. The lowest BCUT2D eigenvalue weighted by Crippen LogP contribution is -2.08. The lowest BCUT2D eigenvalue weighted by molar-refractivity contribution is -0.267. The first-order valence-electron chi connectivity index (χ1n) is 8.86. The van der Waals surface area contributed by atoms with Crippen molar-refractivity contribution in [2.45, 2.75) is 70.8 Å². The van der Waals surface area contributed by atoms with E-state index in [4.69, 9.17) is 10.4 Å². The average molecular weight is 336 g/mol. The van der Waals surface area contributed by atoms with E-state index in [1.807, 2.05) is 18.2 Å². The van der Waals surface area contributed by atoms with E-state index >= 15 is 0 Å². The smallest absolute Gasteiger partial charge is 0.303 e. The van der Waals surface area contributed by atoms with Crippen LogP contribution in [0.1, 0.15) is 64.7 Å².